The van der Waals surface area contributed by atoms with Crippen LogP contribution in [-0.4, -0.2) is 37.6 Å². The van der Waals surface area contributed by atoms with E-state index in [2.05, 4.69) is 17.6 Å². The maximum atomic E-state index is 11.8. The Morgan fingerprint density at radius 2 is 2.24 bits per heavy atom. The molecule has 0 radical (unpaired) electrons. The topological polar surface area (TPSA) is 67.4 Å². The fraction of sp³-hybridized carbons (Fsp3) is 0.833. The molecule has 0 saturated carbocycles. The quantitative estimate of drug-likeness (QED) is 0.687. The number of rotatable bonds is 5. The number of nitrogens with one attached hydrogen (secondary N) is 2. The van der Waals surface area contributed by atoms with Crippen molar-refractivity contribution in [1.29, 1.82) is 0 Å². The third-order valence-electron chi connectivity index (χ3n) is 2.93. The average molecular weight is 242 g/mol. The van der Waals surface area contributed by atoms with Crippen LogP contribution in [0.1, 0.15) is 33.1 Å². The summed E-state index contributed by atoms with van der Waals surface area (Å²) in [7, 11) is 0. The number of ether oxygens (including phenoxy) is 1. The normalized spacial score (nSPS) is 24.1. The van der Waals surface area contributed by atoms with Crippen LogP contribution in [0.2, 0.25) is 0 Å². The molecule has 5 nitrogen and oxygen atoms in total. The van der Waals surface area contributed by atoms with Crippen LogP contribution in [0.5, 0.6) is 0 Å². The molecule has 1 heterocycles. The Morgan fingerprint density at radius 3 is 2.88 bits per heavy atom. The molecule has 0 spiro atoms. The van der Waals surface area contributed by atoms with Crippen molar-refractivity contribution >= 4 is 11.9 Å². The molecule has 2 N–H and O–H groups in total. The Labute approximate surface area is 102 Å². The summed E-state index contributed by atoms with van der Waals surface area (Å²) in [6.07, 6.45) is 1.99. The van der Waals surface area contributed by atoms with Gasteiger partial charge in [-0.15, -0.1) is 0 Å². The van der Waals surface area contributed by atoms with Gasteiger partial charge in [-0.1, -0.05) is 0 Å². The van der Waals surface area contributed by atoms with Crippen molar-refractivity contribution in [2.24, 2.45) is 5.92 Å². The van der Waals surface area contributed by atoms with Crippen molar-refractivity contribution < 1.29 is 14.3 Å². The highest BCUT2D eigenvalue weighted by molar-refractivity contribution is 5.79. The molecule has 1 amide bonds. The summed E-state index contributed by atoms with van der Waals surface area (Å²) >= 11 is 0. The van der Waals surface area contributed by atoms with Crippen LogP contribution < -0.4 is 10.6 Å². The molecule has 1 aliphatic heterocycles. The number of carbonyl (C=O) groups excluding carboxylic acids is 2. The molecule has 1 rings (SSSR count). The molecule has 0 aliphatic carbocycles. The highest BCUT2D eigenvalue weighted by Crippen LogP contribution is 2.15. The van der Waals surface area contributed by atoms with E-state index in [1.54, 1.807) is 6.92 Å². The molecule has 1 fully saturated rings. The lowest BCUT2D eigenvalue weighted by Crippen LogP contribution is -2.42. The van der Waals surface area contributed by atoms with Crippen LogP contribution in [-0.2, 0) is 14.3 Å². The van der Waals surface area contributed by atoms with Gasteiger partial charge < -0.3 is 15.4 Å². The molecule has 0 bridgehead atoms. The van der Waals surface area contributed by atoms with E-state index in [1.807, 2.05) is 0 Å². The van der Waals surface area contributed by atoms with Gasteiger partial charge in [0.05, 0.1) is 13.0 Å². The highest BCUT2D eigenvalue weighted by atomic mass is 16.5. The predicted octanol–water partition coefficient (Wildman–Crippen LogP) is 0.444. The first kappa shape index (κ1) is 14.0. The third kappa shape index (κ3) is 5.17. The number of hydrogen-bond donors (Lipinski definition) is 2. The third-order valence-corrected chi connectivity index (χ3v) is 2.93. The van der Waals surface area contributed by atoms with Gasteiger partial charge in [-0.2, -0.15) is 0 Å². The van der Waals surface area contributed by atoms with Gasteiger partial charge in [0, 0.05) is 18.5 Å². The molecule has 0 aromatic heterocycles. The van der Waals surface area contributed by atoms with Crippen LogP contribution >= 0.6 is 0 Å². The van der Waals surface area contributed by atoms with Gasteiger partial charge >= 0.3 is 5.97 Å². The van der Waals surface area contributed by atoms with Crippen molar-refractivity contribution in [2.45, 2.75) is 39.2 Å². The highest BCUT2D eigenvalue weighted by Gasteiger charge is 2.24. The summed E-state index contributed by atoms with van der Waals surface area (Å²) in [6, 6.07) is 0.393. The summed E-state index contributed by atoms with van der Waals surface area (Å²) in [4.78, 5) is 22.9. The fourth-order valence-corrected chi connectivity index (χ4v) is 2.04. The Hall–Kier alpha value is -1.10. The zero-order valence-electron chi connectivity index (χ0n) is 10.6. The second kappa shape index (κ2) is 7.27. The van der Waals surface area contributed by atoms with Crippen molar-refractivity contribution in [2.75, 3.05) is 19.7 Å². The fourth-order valence-electron chi connectivity index (χ4n) is 2.04. The molecule has 1 saturated heterocycles. The SMILES string of the molecule is CCOC(=O)CCNC(=O)C1CCNC(C)C1. The van der Waals surface area contributed by atoms with E-state index in [0.29, 0.717) is 19.2 Å². The number of hydrogen-bond acceptors (Lipinski definition) is 4. The number of carbonyl (C=O) groups is 2. The van der Waals surface area contributed by atoms with Gasteiger partial charge in [-0.05, 0) is 33.2 Å². The van der Waals surface area contributed by atoms with E-state index in [9.17, 15) is 9.59 Å². The Kier molecular flexibility index (Phi) is 5.97. The number of esters is 1. The van der Waals surface area contributed by atoms with E-state index in [-0.39, 0.29) is 24.2 Å². The second-order valence-electron chi connectivity index (χ2n) is 4.42. The zero-order chi connectivity index (χ0) is 12.7. The smallest absolute Gasteiger partial charge is 0.307 e. The summed E-state index contributed by atoms with van der Waals surface area (Å²) in [5, 5.41) is 6.10. The van der Waals surface area contributed by atoms with Crippen molar-refractivity contribution in [3.63, 3.8) is 0 Å². The molecule has 2 atom stereocenters. The minimum atomic E-state index is -0.258. The van der Waals surface area contributed by atoms with Gasteiger partial charge in [0.2, 0.25) is 5.91 Å². The Balaban J connectivity index is 2.18. The molecule has 0 aromatic rings. The van der Waals surface area contributed by atoms with Gasteiger partial charge in [-0.3, -0.25) is 9.59 Å². The lowest BCUT2D eigenvalue weighted by atomic mass is 9.92. The van der Waals surface area contributed by atoms with Crippen molar-refractivity contribution in [1.82, 2.24) is 10.6 Å². The maximum Gasteiger partial charge on any atom is 0.307 e. The minimum Gasteiger partial charge on any atom is -0.466 e. The molecular weight excluding hydrogens is 220 g/mol. The largest absolute Gasteiger partial charge is 0.466 e. The first-order chi connectivity index (χ1) is 8.13. The Bertz CT molecular complexity index is 268. The van der Waals surface area contributed by atoms with Crippen molar-refractivity contribution in [3.8, 4) is 0 Å². The van der Waals surface area contributed by atoms with Crippen LogP contribution in [0.4, 0.5) is 0 Å². The molecule has 98 valence electrons. The van der Waals surface area contributed by atoms with Crippen LogP contribution in [0.15, 0.2) is 0 Å². The molecular formula is C12H22N2O3. The minimum absolute atomic E-state index is 0.0580. The van der Waals surface area contributed by atoms with E-state index in [0.717, 1.165) is 19.4 Å². The Morgan fingerprint density at radius 1 is 1.47 bits per heavy atom. The van der Waals surface area contributed by atoms with E-state index < -0.39 is 0 Å². The van der Waals surface area contributed by atoms with E-state index in [4.69, 9.17) is 4.74 Å². The predicted molar refractivity (Wildman–Crippen MR) is 64.4 cm³/mol. The van der Waals surface area contributed by atoms with Gasteiger partial charge in [0.15, 0.2) is 0 Å². The molecule has 2 unspecified atom stereocenters. The van der Waals surface area contributed by atoms with Gasteiger partial charge in [-0.25, -0.2) is 0 Å². The standard InChI is InChI=1S/C12H22N2O3/c1-3-17-11(15)5-7-14-12(16)10-4-6-13-9(2)8-10/h9-10,13H,3-8H2,1-2H3,(H,14,16). The first-order valence-corrected chi connectivity index (χ1v) is 6.30. The summed E-state index contributed by atoms with van der Waals surface area (Å²) in [5.74, 6) is -0.123. The molecule has 5 heteroatoms. The zero-order valence-corrected chi connectivity index (χ0v) is 10.6. The van der Waals surface area contributed by atoms with E-state index in [1.165, 1.54) is 0 Å². The summed E-state index contributed by atoms with van der Waals surface area (Å²) < 4.78 is 4.79. The number of amides is 1. The maximum absolute atomic E-state index is 11.8. The molecule has 0 aromatic carbocycles. The summed E-state index contributed by atoms with van der Waals surface area (Å²) in [6.45, 7) is 5.50. The second-order valence-corrected chi connectivity index (χ2v) is 4.42. The van der Waals surface area contributed by atoms with Crippen LogP contribution in [0.25, 0.3) is 0 Å². The lowest BCUT2D eigenvalue weighted by Gasteiger charge is -2.27. The molecule has 17 heavy (non-hydrogen) atoms. The molecule has 1 aliphatic rings. The lowest BCUT2D eigenvalue weighted by molar-refractivity contribution is -0.143. The average Bonchev–Trinajstić information content (AvgIpc) is 2.29. The van der Waals surface area contributed by atoms with Gasteiger partial charge in [0.1, 0.15) is 0 Å². The first-order valence-electron chi connectivity index (χ1n) is 6.30. The summed E-state index contributed by atoms with van der Waals surface area (Å²) in [5.41, 5.74) is 0. The van der Waals surface area contributed by atoms with Crippen LogP contribution in [0.3, 0.4) is 0 Å². The number of piperidine rings is 1. The van der Waals surface area contributed by atoms with Gasteiger partial charge in [0.25, 0.3) is 0 Å². The monoisotopic (exact) mass is 242 g/mol. The van der Waals surface area contributed by atoms with Crippen molar-refractivity contribution in [3.05, 3.63) is 0 Å². The van der Waals surface area contributed by atoms with E-state index >= 15 is 0 Å². The van der Waals surface area contributed by atoms with Crippen LogP contribution in [0, 0.1) is 5.92 Å².